The van der Waals surface area contributed by atoms with Gasteiger partial charge < -0.3 is 10.1 Å². The van der Waals surface area contributed by atoms with Gasteiger partial charge in [-0.1, -0.05) is 36.4 Å². The fourth-order valence-corrected chi connectivity index (χ4v) is 3.59. The lowest BCUT2D eigenvalue weighted by molar-refractivity contribution is -0.0212. The highest BCUT2D eigenvalue weighted by molar-refractivity contribution is 5.23. The van der Waals surface area contributed by atoms with E-state index in [4.69, 9.17) is 4.74 Å². The normalized spacial score (nSPS) is 25.6. The van der Waals surface area contributed by atoms with Crippen molar-refractivity contribution in [3.8, 4) is 0 Å². The quantitative estimate of drug-likeness (QED) is 0.815. The first-order valence-corrected chi connectivity index (χ1v) is 9.07. The van der Waals surface area contributed by atoms with Gasteiger partial charge in [0.05, 0.1) is 12.7 Å². The van der Waals surface area contributed by atoms with Gasteiger partial charge in [-0.15, -0.1) is 0 Å². The Balaban J connectivity index is 1.46. The molecule has 3 nitrogen and oxygen atoms in total. The molecule has 0 amide bonds. The van der Waals surface area contributed by atoms with Crippen LogP contribution in [0, 0.1) is 5.92 Å². The Morgan fingerprint density at radius 3 is 3.00 bits per heavy atom. The van der Waals surface area contributed by atoms with Gasteiger partial charge in [-0.25, -0.2) is 0 Å². The molecule has 0 bridgehead atoms. The predicted molar refractivity (Wildman–Crippen MR) is 95.3 cm³/mol. The van der Waals surface area contributed by atoms with Crippen LogP contribution in [0.3, 0.4) is 0 Å². The second kappa shape index (κ2) is 8.62. The Labute approximate surface area is 140 Å². The lowest BCUT2D eigenvalue weighted by atomic mass is 9.94. The van der Waals surface area contributed by atoms with E-state index >= 15 is 0 Å². The number of hydrogen-bond acceptors (Lipinski definition) is 3. The third-order valence-corrected chi connectivity index (χ3v) is 4.86. The van der Waals surface area contributed by atoms with Crippen LogP contribution < -0.4 is 5.32 Å². The summed E-state index contributed by atoms with van der Waals surface area (Å²) in [6.45, 7) is 8.25. The first kappa shape index (κ1) is 16.7. The van der Waals surface area contributed by atoms with E-state index in [-0.39, 0.29) is 0 Å². The Morgan fingerprint density at radius 1 is 1.26 bits per heavy atom. The van der Waals surface area contributed by atoms with E-state index in [2.05, 4.69) is 53.6 Å². The van der Waals surface area contributed by atoms with Gasteiger partial charge in [0, 0.05) is 26.2 Å². The maximum absolute atomic E-state index is 5.62. The van der Waals surface area contributed by atoms with Gasteiger partial charge in [0.2, 0.25) is 0 Å². The third kappa shape index (κ3) is 5.45. The largest absolute Gasteiger partial charge is 0.376 e. The lowest BCUT2D eigenvalue weighted by Crippen LogP contribution is -2.40. The molecule has 1 aliphatic carbocycles. The standard InChI is InChI=1S/C20H30N2O/c1-17-15-22(10-11-23-17)16-20-9-5-8-19(12-20)14-21-13-18-6-3-2-4-7-18/h2-3,5,8-9,12,17-18,21H,4,6-7,10-11,13-16H2,1H3. The summed E-state index contributed by atoms with van der Waals surface area (Å²) in [5.74, 6) is 0.818. The summed E-state index contributed by atoms with van der Waals surface area (Å²) in [7, 11) is 0. The number of morpholine rings is 1. The minimum atomic E-state index is 0.359. The number of allylic oxidation sites excluding steroid dienone is 2. The number of hydrogen-bond donors (Lipinski definition) is 1. The molecule has 2 atom stereocenters. The molecule has 1 aliphatic heterocycles. The number of ether oxygens (including phenoxy) is 1. The van der Waals surface area contributed by atoms with Crippen LogP contribution >= 0.6 is 0 Å². The van der Waals surface area contributed by atoms with Gasteiger partial charge in [0.15, 0.2) is 0 Å². The van der Waals surface area contributed by atoms with Gasteiger partial charge in [0.25, 0.3) is 0 Å². The van der Waals surface area contributed by atoms with Crippen molar-refractivity contribution in [1.82, 2.24) is 10.2 Å². The van der Waals surface area contributed by atoms with Crippen molar-refractivity contribution in [2.75, 3.05) is 26.2 Å². The summed E-state index contributed by atoms with van der Waals surface area (Å²) in [6, 6.07) is 9.03. The molecular formula is C20H30N2O. The summed E-state index contributed by atoms with van der Waals surface area (Å²) in [5.41, 5.74) is 2.81. The number of rotatable bonds is 6. The van der Waals surface area contributed by atoms with Crippen molar-refractivity contribution in [2.24, 2.45) is 5.92 Å². The van der Waals surface area contributed by atoms with Crippen LogP contribution in [-0.2, 0) is 17.8 Å². The molecule has 0 radical (unpaired) electrons. The van der Waals surface area contributed by atoms with E-state index in [1.54, 1.807) is 0 Å². The minimum absolute atomic E-state index is 0.359. The molecular weight excluding hydrogens is 284 g/mol. The average molecular weight is 314 g/mol. The molecule has 1 saturated heterocycles. The Bertz CT molecular complexity index is 514. The molecule has 3 heteroatoms. The van der Waals surface area contributed by atoms with E-state index in [9.17, 15) is 0 Å². The molecule has 126 valence electrons. The molecule has 0 saturated carbocycles. The molecule has 1 aromatic carbocycles. The Morgan fingerprint density at radius 2 is 2.17 bits per heavy atom. The summed E-state index contributed by atoms with van der Waals surface area (Å²) >= 11 is 0. The fraction of sp³-hybridized carbons (Fsp3) is 0.600. The van der Waals surface area contributed by atoms with Crippen LogP contribution in [-0.4, -0.2) is 37.2 Å². The number of nitrogens with zero attached hydrogens (tertiary/aromatic N) is 1. The summed E-state index contributed by atoms with van der Waals surface area (Å²) in [5, 5.41) is 3.64. The van der Waals surface area contributed by atoms with Crippen LogP contribution in [0.4, 0.5) is 0 Å². The zero-order valence-electron chi connectivity index (χ0n) is 14.3. The van der Waals surface area contributed by atoms with E-state index in [1.807, 2.05) is 0 Å². The molecule has 1 aromatic rings. The van der Waals surface area contributed by atoms with E-state index in [1.165, 1.54) is 30.4 Å². The van der Waals surface area contributed by atoms with Gasteiger partial charge in [-0.2, -0.15) is 0 Å². The second-order valence-electron chi connectivity index (χ2n) is 7.02. The first-order valence-electron chi connectivity index (χ1n) is 9.07. The van der Waals surface area contributed by atoms with Gasteiger partial charge in [-0.05, 0) is 49.8 Å². The molecule has 0 spiro atoms. The molecule has 2 unspecified atom stereocenters. The monoisotopic (exact) mass is 314 g/mol. The zero-order valence-corrected chi connectivity index (χ0v) is 14.3. The Kier molecular flexibility index (Phi) is 6.26. The molecule has 1 N–H and O–H groups in total. The summed E-state index contributed by atoms with van der Waals surface area (Å²) < 4.78 is 5.62. The van der Waals surface area contributed by atoms with Crippen molar-refractivity contribution in [2.45, 2.75) is 45.4 Å². The molecule has 2 aliphatic rings. The van der Waals surface area contributed by atoms with Gasteiger partial charge in [0.1, 0.15) is 0 Å². The lowest BCUT2D eigenvalue weighted by Gasteiger charge is -2.31. The van der Waals surface area contributed by atoms with Crippen molar-refractivity contribution >= 4 is 0 Å². The number of benzene rings is 1. The van der Waals surface area contributed by atoms with Crippen molar-refractivity contribution in [1.29, 1.82) is 0 Å². The third-order valence-electron chi connectivity index (χ3n) is 4.86. The highest BCUT2D eigenvalue weighted by Crippen LogP contribution is 2.17. The SMILES string of the molecule is CC1CN(Cc2cccc(CNCC3CC=CCC3)c2)CCO1. The molecule has 23 heavy (non-hydrogen) atoms. The van der Waals surface area contributed by atoms with Crippen molar-refractivity contribution in [3.63, 3.8) is 0 Å². The highest BCUT2D eigenvalue weighted by Gasteiger charge is 2.16. The van der Waals surface area contributed by atoms with Crippen molar-refractivity contribution in [3.05, 3.63) is 47.5 Å². The van der Waals surface area contributed by atoms with Crippen molar-refractivity contribution < 1.29 is 4.74 Å². The van der Waals surface area contributed by atoms with E-state index in [0.717, 1.165) is 45.2 Å². The summed E-state index contributed by atoms with van der Waals surface area (Å²) in [6.07, 6.45) is 8.82. The van der Waals surface area contributed by atoms with Gasteiger partial charge in [-0.3, -0.25) is 4.90 Å². The smallest absolute Gasteiger partial charge is 0.0674 e. The maximum atomic E-state index is 5.62. The molecule has 1 heterocycles. The second-order valence-corrected chi connectivity index (χ2v) is 7.02. The minimum Gasteiger partial charge on any atom is -0.376 e. The molecule has 3 rings (SSSR count). The first-order chi connectivity index (χ1) is 11.3. The fourth-order valence-electron chi connectivity index (χ4n) is 3.59. The van der Waals surface area contributed by atoms with Gasteiger partial charge >= 0.3 is 0 Å². The van der Waals surface area contributed by atoms with E-state index in [0.29, 0.717) is 6.10 Å². The summed E-state index contributed by atoms with van der Waals surface area (Å²) in [4.78, 5) is 2.50. The van der Waals surface area contributed by atoms with Crippen LogP contribution in [0.15, 0.2) is 36.4 Å². The number of nitrogens with one attached hydrogen (secondary N) is 1. The van der Waals surface area contributed by atoms with Crippen LogP contribution in [0.5, 0.6) is 0 Å². The topological polar surface area (TPSA) is 24.5 Å². The van der Waals surface area contributed by atoms with Crippen LogP contribution in [0.25, 0.3) is 0 Å². The van der Waals surface area contributed by atoms with Crippen LogP contribution in [0.2, 0.25) is 0 Å². The maximum Gasteiger partial charge on any atom is 0.0674 e. The predicted octanol–water partition coefficient (Wildman–Crippen LogP) is 3.35. The van der Waals surface area contributed by atoms with Crippen LogP contribution in [0.1, 0.15) is 37.3 Å². The molecule has 1 fully saturated rings. The van der Waals surface area contributed by atoms with E-state index < -0.39 is 0 Å². The average Bonchev–Trinajstić information content (AvgIpc) is 2.56. The molecule has 0 aromatic heterocycles. The highest BCUT2D eigenvalue weighted by atomic mass is 16.5. The zero-order chi connectivity index (χ0) is 15.9. The Hall–Kier alpha value is -1.16.